The normalized spacial score (nSPS) is 24.6. The number of likely N-dealkylation sites (tertiary alicyclic amines) is 1. The number of amides is 1. The van der Waals surface area contributed by atoms with Crippen molar-refractivity contribution in [3.63, 3.8) is 0 Å². The molecule has 1 aromatic heterocycles. The van der Waals surface area contributed by atoms with Crippen molar-refractivity contribution in [2.24, 2.45) is 0 Å². The highest BCUT2D eigenvalue weighted by Crippen LogP contribution is 2.32. The van der Waals surface area contributed by atoms with Crippen LogP contribution in [0.3, 0.4) is 0 Å². The molecule has 1 saturated carbocycles. The maximum Gasteiger partial charge on any atom is 0.231 e. The molecule has 2 fully saturated rings. The highest BCUT2D eigenvalue weighted by Gasteiger charge is 2.35. The minimum absolute atomic E-state index is 0.228. The first kappa shape index (κ1) is 13.6. The molecule has 0 spiro atoms. The van der Waals surface area contributed by atoms with Crippen molar-refractivity contribution in [1.82, 2.24) is 15.0 Å². The molecule has 1 unspecified atom stereocenters. The van der Waals surface area contributed by atoms with Gasteiger partial charge in [0.25, 0.3) is 0 Å². The molecule has 5 nitrogen and oxygen atoms in total. The summed E-state index contributed by atoms with van der Waals surface area (Å²) in [5.41, 5.74) is 0. The molecular weight excluding hydrogens is 254 g/mol. The topological polar surface area (TPSA) is 59.2 Å². The number of nitrogens with zero attached hydrogens (tertiary/aromatic N) is 3. The molecule has 0 bridgehead atoms. The summed E-state index contributed by atoms with van der Waals surface area (Å²) in [6.45, 7) is 2.87. The smallest absolute Gasteiger partial charge is 0.231 e. The summed E-state index contributed by atoms with van der Waals surface area (Å²) in [6.07, 6.45) is 8.16. The van der Waals surface area contributed by atoms with Crippen LogP contribution < -0.4 is 0 Å². The van der Waals surface area contributed by atoms with Crippen LogP contribution in [0.25, 0.3) is 0 Å². The lowest BCUT2D eigenvalue weighted by Crippen LogP contribution is -2.44. The molecule has 1 saturated heterocycles. The first-order valence-electron chi connectivity index (χ1n) is 7.90. The van der Waals surface area contributed by atoms with Gasteiger partial charge in [0.2, 0.25) is 11.8 Å². The molecule has 3 rings (SSSR count). The van der Waals surface area contributed by atoms with Gasteiger partial charge in [-0.15, -0.1) is 0 Å². The van der Waals surface area contributed by atoms with Gasteiger partial charge in [-0.1, -0.05) is 24.9 Å². The van der Waals surface area contributed by atoms with E-state index in [9.17, 15) is 4.79 Å². The Kier molecular flexibility index (Phi) is 4.03. The fourth-order valence-corrected chi connectivity index (χ4v) is 3.40. The first-order chi connectivity index (χ1) is 9.78. The highest BCUT2D eigenvalue weighted by atomic mass is 16.5. The molecule has 110 valence electrons. The highest BCUT2D eigenvalue weighted by molar-refractivity contribution is 5.77. The first-order valence-corrected chi connectivity index (χ1v) is 7.90. The lowest BCUT2D eigenvalue weighted by atomic mass is 9.95. The van der Waals surface area contributed by atoms with E-state index in [1.807, 2.05) is 0 Å². The van der Waals surface area contributed by atoms with Crippen molar-refractivity contribution in [3.05, 3.63) is 11.7 Å². The molecule has 1 atom stereocenters. The molecule has 2 aliphatic rings. The zero-order valence-electron chi connectivity index (χ0n) is 12.2. The minimum Gasteiger partial charge on any atom is -0.339 e. The lowest BCUT2D eigenvalue weighted by Gasteiger charge is -2.35. The van der Waals surface area contributed by atoms with Gasteiger partial charge in [0.1, 0.15) is 0 Å². The van der Waals surface area contributed by atoms with E-state index in [1.54, 1.807) is 0 Å². The molecule has 20 heavy (non-hydrogen) atoms. The zero-order chi connectivity index (χ0) is 13.9. The van der Waals surface area contributed by atoms with E-state index < -0.39 is 0 Å². The molecule has 1 aliphatic carbocycles. The van der Waals surface area contributed by atoms with Crippen molar-refractivity contribution < 1.29 is 9.32 Å². The van der Waals surface area contributed by atoms with Gasteiger partial charge in [-0.3, -0.25) is 4.79 Å². The van der Waals surface area contributed by atoms with Crippen LogP contribution in [0.2, 0.25) is 0 Å². The lowest BCUT2D eigenvalue weighted by molar-refractivity contribution is -0.136. The molecule has 0 aromatic carbocycles. The summed E-state index contributed by atoms with van der Waals surface area (Å²) in [4.78, 5) is 18.7. The van der Waals surface area contributed by atoms with Crippen molar-refractivity contribution in [2.45, 2.75) is 70.3 Å². The third kappa shape index (κ3) is 2.72. The quantitative estimate of drug-likeness (QED) is 0.849. The maximum atomic E-state index is 12.1. The number of rotatable bonds is 4. The third-order valence-corrected chi connectivity index (χ3v) is 4.52. The Balaban J connectivity index is 1.68. The van der Waals surface area contributed by atoms with Crippen LogP contribution in [0.4, 0.5) is 0 Å². The summed E-state index contributed by atoms with van der Waals surface area (Å²) >= 11 is 0. The van der Waals surface area contributed by atoms with E-state index in [-0.39, 0.29) is 5.92 Å². The van der Waals surface area contributed by atoms with E-state index in [0.29, 0.717) is 18.4 Å². The second kappa shape index (κ2) is 5.94. The van der Waals surface area contributed by atoms with Gasteiger partial charge >= 0.3 is 0 Å². The maximum absolute atomic E-state index is 12.1. The van der Waals surface area contributed by atoms with Gasteiger partial charge in [0.05, 0.1) is 5.92 Å². The standard InChI is InChI=1S/C15H23N3O2/c1-2-5-13-16-15(20-17-13)11-8-9-14(19)18(10-11)12-6-3-4-7-12/h11-12H,2-10H2,1H3. The molecular formula is C15H23N3O2. The third-order valence-electron chi connectivity index (χ3n) is 4.52. The zero-order valence-corrected chi connectivity index (χ0v) is 12.2. The molecule has 1 aromatic rings. The van der Waals surface area contributed by atoms with Crippen LogP contribution in [0, 0.1) is 0 Å². The molecule has 2 heterocycles. The van der Waals surface area contributed by atoms with Crippen molar-refractivity contribution in [2.75, 3.05) is 6.54 Å². The predicted molar refractivity (Wildman–Crippen MR) is 74.2 cm³/mol. The number of aryl methyl sites for hydroxylation is 1. The van der Waals surface area contributed by atoms with Crippen molar-refractivity contribution in [3.8, 4) is 0 Å². The Labute approximate surface area is 119 Å². The van der Waals surface area contributed by atoms with Gasteiger partial charge in [-0.05, 0) is 25.7 Å². The van der Waals surface area contributed by atoms with Gasteiger partial charge in [-0.25, -0.2) is 0 Å². The van der Waals surface area contributed by atoms with Gasteiger partial charge in [-0.2, -0.15) is 4.98 Å². The molecule has 5 heteroatoms. The Morgan fingerprint density at radius 1 is 1.30 bits per heavy atom. The largest absolute Gasteiger partial charge is 0.339 e. The number of carbonyl (C=O) groups is 1. The van der Waals surface area contributed by atoms with Crippen molar-refractivity contribution in [1.29, 1.82) is 0 Å². The number of piperidine rings is 1. The second-order valence-electron chi connectivity index (χ2n) is 6.02. The average Bonchev–Trinajstić information content (AvgIpc) is 3.11. The van der Waals surface area contributed by atoms with Gasteiger partial charge < -0.3 is 9.42 Å². The summed E-state index contributed by atoms with van der Waals surface area (Å²) < 4.78 is 5.40. The summed E-state index contributed by atoms with van der Waals surface area (Å²) in [7, 11) is 0. The Bertz CT molecular complexity index is 465. The Morgan fingerprint density at radius 3 is 2.85 bits per heavy atom. The number of aromatic nitrogens is 2. The van der Waals surface area contributed by atoms with Crippen LogP contribution in [-0.2, 0) is 11.2 Å². The molecule has 0 N–H and O–H groups in total. The molecule has 1 aliphatic heterocycles. The Hall–Kier alpha value is -1.39. The number of hydrogen-bond donors (Lipinski definition) is 0. The summed E-state index contributed by atoms with van der Waals surface area (Å²) in [5.74, 6) is 2.06. The van der Waals surface area contributed by atoms with Crippen LogP contribution in [0.15, 0.2) is 4.52 Å². The van der Waals surface area contributed by atoms with E-state index in [2.05, 4.69) is 22.0 Å². The van der Waals surface area contributed by atoms with E-state index >= 15 is 0 Å². The predicted octanol–water partition coefficient (Wildman–Crippen LogP) is 2.67. The van der Waals surface area contributed by atoms with E-state index in [1.165, 1.54) is 12.8 Å². The molecule has 0 radical (unpaired) electrons. The SMILES string of the molecule is CCCc1noc(C2CCC(=O)N(C3CCCC3)C2)n1. The Morgan fingerprint density at radius 2 is 2.10 bits per heavy atom. The van der Waals surface area contributed by atoms with Crippen molar-refractivity contribution >= 4 is 5.91 Å². The number of carbonyl (C=O) groups excluding carboxylic acids is 1. The van der Waals surface area contributed by atoms with Gasteiger partial charge in [0.15, 0.2) is 5.82 Å². The van der Waals surface area contributed by atoms with Crippen LogP contribution in [-0.4, -0.2) is 33.5 Å². The molecule has 1 amide bonds. The average molecular weight is 277 g/mol. The number of hydrogen-bond acceptors (Lipinski definition) is 4. The fourth-order valence-electron chi connectivity index (χ4n) is 3.40. The fraction of sp³-hybridized carbons (Fsp3) is 0.800. The van der Waals surface area contributed by atoms with Gasteiger partial charge in [0, 0.05) is 25.4 Å². The van der Waals surface area contributed by atoms with E-state index in [4.69, 9.17) is 4.52 Å². The second-order valence-corrected chi connectivity index (χ2v) is 6.02. The van der Waals surface area contributed by atoms with Crippen LogP contribution in [0.1, 0.15) is 69.5 Å². The summed E-state index contributed by atoms with van der Waals surface area (Å²) in [6, 6.07) is 0.448. The van der Waals surface area contributed by atoms with Crippen LogP contribution in [0.5, 0.6) is 0 Å². The minimum atomic E-state index is 0.228. The van der Waals surface area contributed by atoms with E-state index in [0.717, 1.165) is 50.4 Å². The summed E-state index contributed by atoms with van der Waals surface area (Å²) in [5, 5.41) is 4.03. The van der Waals surface area contributed by atoms with Crippen LogP contribution >= 0.6 is 0 Å². The monoisotopic (exact) mass is 277 g/mol.